The molecule has 2 heteroatoms. The van der Waals surface area contributed by atoms with Crippen LogP contribution in [0.25, 0.3) is 43.8 Å². The lowest BCUT2D eigenvalue weighted by molar-refractivity contribution is 1.31. The third-order valence-electron chi connectivity index (χ3n) is 8.80. The van der Waals surface area contributed by atoms with Gasteiger partial charge in [-0.25, -0.2) is 0 Å². The van der Waals surface area contributed by atoms with Crippen LogP contribution in [0.3, 0.4) is 0 Å². The van der Waals surface area contributed by atoms with Gasteiger partial charge in [0.1, 0.15) is 0 Å². The smallest absolute Gasteiger partial charge is 0.248 e. The predicted molar refractivity (Wildman–Crippen MR) is 172 cm³/mol. The van der Waals surface area contributed by atoms with Crippen molar-refractivity contribution in [1.29, 1.82) is 0 Å². The topological polar surface area (TPSA) is 3.24 Å². The molecule has 1 nitrogen and oxygen atoms in total. The van der Waals surface area contributed by atoms with Crippen LogP contribution in [0.4, 0.5) is 17.1 Å². The van der Waals surface area contributed by atoms with Gasteiger partial charge in [-0.2, -0.15) is 0 Å². The van der Waals surface area contributed by atoms with Crippen LogP contribution in [0.5, 0.6) is 0 Å². The summed E-state index contributed by atoms with van der Waals surface area (Å²) in [5, 5.41) is 5.07. The van der Waals surface area contributed by atoms with Crippen molar-refractivity contribution in [2.24, 2.45) is 0 Å². The fraction of sp³-hybridized carbons (Fsp3) is 0. The molecule has 7 aromatic carbocycles. The fourth-order valence-electron chi connectivity index (χ4n) is 7.01. The van der Waals surface area contributed by atoms with Crippen LogP contribution in [-0.2, 0) is 0 Å². The van der Waals surface area contributed by atoms with Crippen molar-refractivity contribution in [3.63, 3.8) is 0 Å². The zero-order valence-corrected chi connectivity index (χ0v) is 21.9. The highest BCUT2D eigenvalue weighted by molar-refractivity contribution is 7.01. The van der Waals surface area contributed by atoms with E-state index in [0.29, 0.717) is 0 Å². The van der Waals surface area contributed by atoms with Gasteiger partial charge in [0.05, 0.1) is 0 Å². The summed E-state index contributed by atoms with van der Waals surface area (Å²) in [5.74, 6) is 0. The number of fused-ring (bicyclic) bond motifs is 7. The highest BCUT2D eigenvalue weighted by atomic mass is 15.2. The van der Waals surface area contributed by atoms with Gasteiger partial charge < -0.3 is 4.90 Å². The van der Waals surface area contributed by atoms with Gasteiger partial charge in [-0.1, -0.05) is 121 Å². The van der Waals surface area contributed by atoms with E-state index in [1.165, 1.54) is 77.2 Å². The Morgan fingerprint density at radius 3 is 1.90 bits per heavy atom. The number of benzene rings is 7. The Hall–Kier alpha value is -5.08. The second kappa shape index (κ2) is 8.21. The maximum Gasteiger partial charge on any atom is 0.248 e. The molecule has 40 heavy (non-hydrogen) atoms. The lowest BCUT2D eigenvalue weighted by Crippen LogP contribution is -2.54. The third kappa shape index (κ3) is 3.05. The van der Waals surface area contributed by atoms with E-state index in [1.54, 1.807) is 0 Å². The lowest BCUT2D eigenvalue weighted by Gasteiger charge is -2.36. The maximum absolute atomic E-state index is 2.52. The van der Waals surface area contributed by atoms with E-state index in [4.69, 9.17) is 0 Å². The first-order valence-corrected chi connectivity index (χ1v) is 14.0. The maximum atomic E-state index is 2.52. The first-order chi connectivity index (χ1) is 19.8. The van der Waals surface area contributed by atoms with Gasteiger partial charge in [0.15, 0.2) is 0 Å². The number of anilines is 3. The number of rotatable bonds is 2. The molecule has 0 spiro atoms. The molecular weight excluding hydrogens is 481 g/mol. The Morgan fingerprint density at radius 1 is 0.400 bits per heavy atom. The molecule has 7 aromatic rings. The van der Waals surface area contributed by atoms with Gasteiger partial charge in [0.25, 0.3) is 0 Å². The molecule has 2 heterocycles. The van der Waals surface area contributed by atoms with Gasteiger partial charge in [-0.3, -0.25) is 0 Å². The molecule has 0 saturated heterocycles. The molecule has 0 atom stereocenters. The van der Waals surface area contributed by atoms with Crippen LogP contribution in [0, 0.1) is 0 Å². The van der Waals surface area contributed by atoms with Crippen LogP contribution < -0.4 is 21.3 Å². The molecule has 0 unspecified atom stereocenters. The van der Waals surface area contributed by atoms with Gasteiger partial charge in [0.2, 0.25) is 6.71 Å². The predicted octanol–water partition coefficient (Wildman–Crippen LogP) is 7.94. The zero-order chi connectivity index (χ0) is 26.2. The van der Waals surface area contributed by atoms with Gasteiger partial charge >= 0.3 is 0 Å². The third-order valence-corrected chi connectivity index (χ3v) is 8.80. The first-order valence-electron chi connectivity index (χ1n) is 14.0. The van der Waals surface area contributed by atoms with E-state index in [0.717, 1.165) is 0 Å². The van der Waals surface area contributed by atoms with Crippen LogP contribution >= 0.6 is 0 Å². The molecular formula is C38H24BN. The van der Waals surface area contributed by atoms with Crippen molar-refractivity contribution in [1.82, 2.24) is 0 Å². The van der Waals surface area contributed by atoms with Crippen molar-refractivity contribution in [2.75, 3.05) is 4.90 Å². The van der Waals surface area contributed by atoms with Gasteiger partial charge in [0, 0.05) is 17.1 Å². The second-order valence-electron chi connectivity index (χ2n) is 11.0. The van der Waals surface area contributed by atoms with Crippen LogP contribution in [-0.4, -0.2) is 6.71 Å². The Kier molecular flexibility index (Phi) is 4.48. The van der Waals surface area contributed by atoms with E-state index in [2.05, 4.69) is 150 Å². The number of nitrogens with zero attached hydrogens (tertiary/aromatic N) is 1. The van der Waals surface area contributed by atoms with E-state index >= 15 is 0 Å². The Bertz CT molecular complexity index is 2130. The minimum absolute atomic E-state index is 0.210. The molecule has 0 saturated carbocycles. The summed E-state index contributed by atoms with van der Waals surface area (Å²) in [7, 11) is 0. The summed E-state index contributed by atoms with van der Waals surface area (Å²) in [4.78, 5) is 2.52. The summed E-state index contributed by atoms with van der Waals surface area (Å²) >= 11 is 0. The minimum Gasteiger partial charge on any atom is -0.311 e. The largest absolute Gasteiger partial charge is 0.311 e. The molecule has 0 bridgehead atoms. The van der Waals surface area contributed by atoms with Crippen molar-refractivity contribution in [3.8, 4) is 22.3 Å². The summed E-state index contributed by atoms with van der Waals surface area (Å²) < 4.78 is 0. The number of hydrogen-bond acceptors (Lipinski definition) is 1. The molecule has 2 aliphatic rings. The average molecular weight is 505 g/mol. The summed E-state index contributed by atoms with van der Waals surface area (Å²) in [6.45, 7) is 0.210. The normalized spacial score (nSPS) is 12.9. The van der Waals surface area contributed by atoms with E-state index in [-0.39, 0.29) is 6.71 Å². The molecule has 0 aliphatic carbocycles. The highest BCUT2D eigenvalue weighted by Crippen LogP contribution is 2.44. The monoisotopic (exact) mass is 505 g/mol. The molecule has 0 fully saturated rings. The molecule has 9 rings (SSSR count). The van der Waals surface area contributed by atoms with Crippen molar-refractivity contribution in [3.05, 3.63) is 146 Å². The Labute approximate surface area is 234 Å². The van der Waals surface area contributed by atoms with Gasteiger partial charge in [-0.15, -0.1) is 0 Å². The summed E-state index contributed by atoms with van der Waals surface area (Å²) in [5.41, 5.74) is 13.1. The molecule has 0 aromatic heterocycles. The highest BCUT2D eigenvalue weighted by Gasteiger charge is 2.42. The molecule has 0 amide bonds. The van der Waals surface area contributed by atoms with Crippen LogP contribution in [0.2, 0.25) is 0 Å². The van der Waals surface area contributed by atoms with E-state index in [1.807, 2.05) is 0 Å². The van der Waals surface area contributed by atoms with E-state index < -0.39 is 0 Å². The van der Waals surface area contributed by atoms with Crippen molar-refractivity contribution < 1.29 is 0 Å². The zero-order valence-electron chi connectivity index (χ0n) is 21.9. The fourth-order valence-corrected chi connectivity index (χ4v) is 7.01. The Morgan fingerprint density at radius 2 is 1.07 bits per heavy atom. The average Bonchev–Trinajstić information content (AvgIpc) is 3.36. The SMILES string of the molecule is c1ccc(-c2cc3c4c(c2)N(c2ccc5ccccc5c2)c2cc5ccccc5cc2B4c2ccccc2-3)cc1. The molecule has 2 aliphatic heterocycles. The second-order valence-corrected chi connectivity index (χ2v) is 11.0. The summed E-state index contributed by atoms with van der Waals surface area (Å²) in [6, 6.07) is 53.8. The van der Waals surface area contributed by atoms with E-state index in [9.17, 15) is 0 Å². The molecule has 0 N–H and O–H groups in total. The van der Waals surface area contributed by atoms with Crippen LogP contribution in [0.15, 0.2) is 146 Å². The summed E-state index contributed by atoms with van der Waals surface area (Å²) in [6.07, 6.45) is 0. The minimum atomic E-state index is 0.210. The number of hydrogen-bond donors (Lipinski definition) is 0. The van der Waals surface area contributed by atoms with Gasteiger partial charge in [-0.05, 0) is 85.1 Å². The molecule has 184 valence electrons. The van der Waals surface area contributed by atoms with Crippen molar-refractivity contribution >= 4 is 61.7 Å². The van der Waals surface area contributed by atoms with Crippen LogP contribution in [0.1, 0.15) is 0 Å². The van der Waals surface area contributed by atoms with Crippen molar-refractivity contribution in [2.45, 2.75) is 0 Å². The lowest BCUT2D eigenvalue weighted by atomic mass is 9.37. The first kappa shape index (κ1) is 21.8. The Balaban J connectivity index is 1.41. The standard InChI is InChI=1S/C38H24BN/c1-2-10-25(11-3-1)30-21-33-32-16-8-9-17-34(32)39-35-22-28-14-6-7-15-29(28)23-36(35)40(37(24-30)38(33)39)31-19-18-26-12-4-5-13-27(26)20-31/h1-24H. The molecule has 0 radical (unpaired) electrons. The quantitative estimate of drug-likeness (QED) is 0.216.